The summed E-state index contributed by atoms with van der Waals surface area (Å²) >= 11 is 0. The molecule has 0 amide bonds. The topological polar surface area (TPSA) is 52.0 Å². The molecule has 0 atom stereocenters. The largest absolute Gasteiger partial charge is 0.330 e. The van der Waals surface area contributed by atoms with Gasteiger partial charge in [0.1, 0.15) is 0 Å². The van der Waals surface area contributed by atoms with Crippen LogP contribution in [0.1, 0.15) is 38.5 Å². The third-order valence-electron chi connectivity index (χ3n) is 4.83. The summed E-state index contributed by atoms with van der Waals surface area (Å²) in [6.45, 7) is 1.62. The van der Waals surface area contributed by atoms with Gasteiger partial charge in [0.15, 0.2) is 0 Å². The molecular formula is C14H26N2S4. The highest BCUT2D eigenvalue weighted by Gasteiger charge is 2.58. The van der Waals surface area contributed by atoms with Crippen LogP contribution in [0, 0.1) is 11.8 Å². The average Bonchev–Trinajstić information content (AvgIpc) is 2.37. The van der Waals surface area contributed by atoms with E-state index in [1.54, 1.807) is 0 Å². The zero-order valence-corrected chi connectivity index (χ0v) is 15.3. The van der Waals surface area contributed by atoms with E-state index in [0.29, 0.717) is 9.49 Å². The summed E-state index contributed by atoms with van der Waals surface area (Å²) in [4.78, 5) is 0. The summed E-state index contributed by atoms with van der Waals surface area (Å²) in [7, 11) is 8.42. The van der Waals surface area contributed by atoms with E-state index in [0.717, 1.165) is 36.4 Å². The normalized spacial score (nSPS) is 42.3. The molecule has 0 aromatic heterocycles. The number of rotatable bonds is 8. The van der Waals surface area contributed by atoms with Crippen LogP contribution in [-0.2, 0) is 0 Å². The predicted molar refractivity (Wildman–Crippen MR) is 98.4 cm³/mol. The van der Waals surface area contributed by atoms with Gasteiger partial charge in [-0.05, 0) is 50.4 Å². The van der Waals surface area contributed by atoms with Gasteiger partial charge in [0.05, 0.1) is 0 Å². The van der Waals surface area contributed by atoms with Crippen molar-refractivity contribution in [3.05, 3.63) is 0 Å². The molecule has 4 aliphatic rings. The second kappa shape index (κ2) is 6.83. The van der Waals surface area contributed by atoms with E-state index in [1.807, 2.05) is 21.6 Å². The molecule has 0 radical (unpaired) electrons. The van der Waals surface area contributed by atoms with E-state index in [2.05, 4.69) is 21.6 Å². The molecule has 4 fully saturated rings. The smallest absolute Gasteiger partial charge is 0.0282 e. The van der Waals surface area contributed by atoms with Crippen LogP contribution in [0.25, 0.3) is 0 Å². The van der Waals surface area contributed by atoms with Crippen molar-refractivity contribution in [1.82, 2.24) is 0 Å². The van der Waals surface area contributed by atoms with Crippen molar-refractivity contribution >= 4 is 43.2 Å². The Bertz CT molecular complexity index is 297. The monoisotopic (exact) mass is 350 g/mol. The first-order chi connectivity index (χ1) is 9.69. The molecule has 4 aliphatic carbocycles. The van der Waals surface area contributed by atoms with Crippen LogP contribution in [0.2, 0.25) is 0 Å². The van der Waals surface area contributed by atoms with Crippen LogP contribution in [0.5, 0.6) is 0 Å². The fourth-order valence-corrected chi connectivity index (χ4v) is 11.3. The highest BCUT2D eigenvalue weighted by Crippen LogP contribution is 2.68. The lowest BCUT2D eigenvalue weighted by Crippen LogP contribution is -2.55. The van der Waals surface area contributed by atoms with E-state index in [9.17, 15) is 0 Å². The van der Waals surface area contributed by atoms with E-state index in [1.165, 1.54) is 38.5 Å². The summed E-state index contributed by atoms with van der Waals surface area (Å²) in [6.07, 6.45) is 8.81. The Labute approximate surface area is 138 Å². The molecule has 0 aliphatic heterocycles. The van der Waals surface area contributed by atoms with E-state index in [4.69, 9.17) is 11.5 Å². The molecule has 2 nitrogen and oxygen atoms in total. The van der Waals surface area contributed by atoms with Gasteiger partial charge < -0.3 is 11.5 Å². The minimum Gasteiger partial charge on any atom is -0.330 e. The molecular weight excluding hydrogens is 324 g/mol. The molecule has 0 heterocycles. The molecule has 0 saturated heterocycles. The van der Waals surface area contributed by atoms with E-state index < -0.39 is 0 Å². The first kappa shape index (κ1) is 16.2. The van der Waals surface area contributed by atoms with Crippen LogP contribution >= 0.6 is 43.2 Å². The van der Waals surface area contributed by atoms with E-state index >= 15 is 0 Å². The molecule has 0 aromatic carbocycles. The average molecular weight is 351 g/mol. The van der Waals surface area contributed by atoms with Crippen molar-refractivity contribution < 1.29 is 0 Å². The Balaban J connectivity index is 1.65. The zero-order chi connectivity index (χ0) is 14.1. The van der Waals surface area contributed by atoms with Gasteiger partial charge in [0, 0.05) is 34.1 Å². The third kappa shape index (κ3) is 3.46. The highest BCUT2D eigenvalue weighted by molar-refractivity contribution is 8.77. The van der Waals surface area contributed by atoms with Crippen molar-refractivity contribution in [2.45, 2.75) is 48.0 Å². The quantitative estimate of drug-likeness (QED) is 0.513. The predicted octanol–water partition coefficient (Wildman–Crippen LogP) is 3.76. The molecule has 0 spiro atoms. The third-order valence-corrected chi connectivity index (χ3v) is 11.4. The van der Waals surface area contributed by atoms with Crippen LogP contribution in [0.4, 0.5) is 0 Å². The molecule has 6 heteroatoms. The maximum absolute atomic E-state index is 5.66. The van der Waals surface area contributed by atoms with Crippen molar-refractivity contribution in [2.24, 2.45) is 23.3 Å². The van der Waals surface area contributed by atoms with Crippen LogP contribution < -0.4 is 11.5 Å². The molecule has 4 rings (SSSR count). The van der Waals surface area contributed by atoms with Gasteiger partial charge in [0.2, 0.25) is 0 Å². The van der Waals surface area contributed by atoms with Crippen LogP contribution in [-0.4, -0.2) is 34.1 Å². The number of hydrogen-bond acceptors (Lipinski definition) is 6. The Kier molecular flexibility index (Phi) is 5.53. The number of nitrogens with two attached hydrogens (primary N) is 2. The summed E-state index contributed by atoms with van der Waals surface area (Å²) in [5, 5.41) is 0. The number of hydrogen-bond donors (Lipinski definition) is 2. The van der Waals surface area contributed by atoms with Gasteiger partial charge in [0.25, 0.3) is 0 Å². The van der Waals surface area contributed by atoms with Crippen molar-refractivity contribution in [3.8, 4) is 0 Å². The zero-order valence-electron chi connectivity index (χ0n) is 12.0. The van der Waals surface area contributed by atoms with Gasteiger partial charge in [-0.3, -0.25) is 0 Å². The minimum atomic E-state index is 0.570. The molecule has 20 heavy (non-hydrogen) atoms. The fourth-order valence-electron chi connectivity index (χ4n) is 4.72. The Hall–Kier alpha value is 1.32. The standard InChI is InChI=1S/C14H26N2S4/c15-1-3-17-19-13-6-11-5-12(7-13)9-14(8-11,10-13)20-18-4-2-16/h11-12H,1-10,15-16H2. The fraction of sp³-hybridized carbons (Fsp3) is 1.00. The first-order valence-corrected chi connectivity index (χ1v) is 12.3. The lowest BCUT2D eigenvalue weighted by Gasteiger charge is -2.61. The SMILES string of the molecule is NCCSSC12CC3CC(C1)CC(SSCCN)(C3)C2. The van der Waals surface area contributed by atoms with Gasteiger partial charge >= 0.3 is 0 Å². The lowest BCUT2D eigenvalue weighted by molar-refractivity contribution is 0.0588. The van der Waals surface area contributed by atoms with Crippen molar-refractivity contribution in [2.75, 3.05) is 24.6 Å². The molecule has 4 bridgehead atoms. The Morgan fingerprint density at radius 2 is 1.25 bits per heavy atom. The lowest BCUT2D eigenvalue weighted by atomic mass is 9.55. The first-order valence-electron chi connectivity index (χ1n) is 7.71. The van der Waals surface area contributed by atoms with E-state index in [-0.39, 0.29) is 0 Å². The maximum atomic E-state index is 5.66. The second-order valence-corrected chi connectivity index (χ2v) is 12.5. The highest BCUT2D eigenvalue weighted by atomic mass is 33.1. The molecule has 116 valence electrons. The summed E-state index contributed by atoms with van der Waals surface area (Å²) < 4.78 is 1.14. The van der Waals surface area contributed by atoms with Gasteiger partial charge in [-0.2, -0.15) is 0 Å². The van der Waals surface area contributed by atoms with Gasteiger partial charge in [-0.25, -0.2) is 0 Å². The van der Waals surface area contributed by atoms with Crippen LogP contribution in [0.3, 0.4) is 0 Å². The molecule has 4 N–H and O–H groups in total. The minimum absolute atomic E-state index is 0.570. The summed E-state index contributed by atoms with van der Waals surface area (Å²) in [5.74, 6) is 4.19. The Morgan fingerprint density at radius 1 is 0.800 bits per heavy atom. The molecule has 4 saturated carbocycles. The van der Waals surface area contributed by atoms with Crippen molar-refractivity contribution in [1.29, 1.82) is 0 Å². The summed E-state index contributed by atoms with van der Waals surface area (Å²) in [6, 6.07) is 0. The van der Waals surface area contributed by atoms with Crippen LogP contribution in [0.15, 0.2) is 0 Å². The van der Waals surface area contributed by atoms with Crippen molar-refractivity contribution in [3.63, 3.8) is 0 Å². The molecule has 0 unspecified atom stereocenters. The Morgan fingerprint density at radius 3 is 1.65 bits per heavy atom. The molecule has 0 aromatic rings. The van der Waals surface area contributed by atoms with Gasteiger partial charge in [-0.1, -0.05) is 43.2 Å². The summed E-state index contributed by atoms with van der Waals surface area (Å²) in [5.41, 5.74) is 11.3. The van der Waals surface area contributed by atoms with Gasteiger partial charge in [-0.15, -0.1) is 0 Å². The second-order valence-electron chi connectivity index (χ2n) is 6.72. The maximum Gasteiger partial charge on any atom is 0.0282 e.